The molecular formula is C9H9ClF2O. The van der Waals surface area contributed by atoms with Gasteiger partial charge in [0.1, 0.15) is 5.75 Å². The molecule has 0 N–H and O–H groups in total. The van der Waals surface area contributed by atoms with E-state index in [0.717, 1.165) is 5.56 Å². The largest absolute Gasteiger partial charge is 0.487 e. The quantitative estimate of drug-likeness (QED) is 0.674. The van der Waals surface area contributed by atoms with Gasteiger partial charge in [-0.1, -0.05) is 12.1 Å². The van der Waals surface area contributed by atoms with Gasteiger partial charge < -0.3 is 4.74 Å². The molecule has 0 aliphatic carbocycles. The number of hydrogen-bond acceptors (Lipinski definition) is 1. The van der Waals surface area contributed by atoms with Crippen LogP contribution in [0.5, 0.6) is 5.75 Å². The van der Waals surface area contributed by atoms with Gasteiger partial charge in [0.25, 0.3) is 0 Å². The van der Waals surface area contributed by atoms with Crippen molar-refractivity contribution in [3.8, 4) is 5.75 Å². The van der Waals surface area contributed by atoms with Crippen molar-refractivity contribution in [1.82, 2.24) is 0 Å². The molecule has 0 fully saturated rings. The number of alkyl halides is 3. The Bertz CT molecular complexity index is 307. The summed E-state index contributed by atoms with van der Waals surface area (Å²) in [5, 5.41) is 0. The number of ether oxygens (including phenoxy) is 1. The molecule has 0 saturated heterocycles. The Morgan fingerprint density at radius 2 is 1.92 bits per heavy atom. The van der Waals surface area contributed by atoms with Gasteiger partial charge in [-0.05, 0) is 31.0 Å². The minimum Gasteiger partial charge on any atom is -0.420 e. The van der Waals surface area contributed by atoms with Crippen molar-refractivity contribution < 1.29 is 13.5 Å². The predicted molar refractivity (Wildman–Crippen MR) is 47.3 cm³/mol. The highest BCUT2D eigenvalue weighted by Crippen LogP contribution is 2.28. The monoisotopic (exact) mass is 206 g/mol. The zero-order valence-electron chi connectivity index (χ0n) is 7.27. The summed E-state index contributed by atoms with van der Waals surface area (Å²) in [5.41, 5.74) is -2.16. The van der Waals surface area contributed by atoms with Crippen LogP contribution in [0.3, 0.4) is 0 Å². The highest BCUT2D eigenvalue weighted by Gasteiger charge is 2.28. The van der Waals surface area contributed by atoms with Crippen molar-refractivity contribution >= 4 is 11.6 Å². The van der Waals surface area contributed by atoms with Crippen LogP contribution in [0, 0.1) is 13.8 Å². The molecule has 0 saturated carbocycles. The van der Waals surface area contributed by atoms with Crippen molar-refractivity contribution in [3.63, 3.8) is 0 Å². The normalized spacial score (nSPS) is 11.5. The lowest BCUT2D eigenvalue weighted by Gasteiger charge is -2.12. The molecule has 0 bridgehead atoms. The zero-order chi connectivity index (χ0) is 10.1. The minimum atomic E-state index is -3.64. The topological polar surface area (TPSA) is 9.23 Å². The Balaban J connectivity index is 2.94. The molecule has 0 radical (unpaired) electrons. The molecule has 0 amide bonds. The van der Waals surface area contributed by atoms with Gasteiger partial charge in [0, 0.05) is 11.6 Å². The fourth-order valence-corrected chi connectivity index (χ4v) is 1.03. The van der Waals surface area contributed by atoms with Gasteiger partial charge in [-0.15, -0.1) is 8.78 Å². The Morgan fingerprint density at radius 1 is 1.31 bits per heavy atom. The van der Waals surface area contributed by atoms with Gasteiger partial charge in [-0.3, -0.25) is 0 Å². The van der Waals surface area contributed by atoms with Crippen LogP contribution in [-0.4, -0.2) is 5.57 Å². The van der Waals surface area contributed by atoms with Gasteiger partial charge >= 0.3 is 5.57 Å². The molecule has 0 spiro atoms. The van der Waals surface area contributed by atoms with E-state index < -0.39 is 5.57 Å². The average molecular weight is 207 g/mol. The van der Waals surface area contributed by atoms with Crippen molar-refractivity contribution in [3.05, 3.63) is 29.3 Å². The summed E-state index contributed by atoms with van der Waals surface area (Å²) in [6.07, 6.45) is 0. The second-order valence-electron chi connectivity index (χ2n) is 2.82. The van der Waals surface area contributed by atoms with Crippen molar-refractivity contribution in [2.75, 3.05) is 0 Å². The van der Waals surface area contributed by atoms with E-state index in [2.05, 4.69) is 16.3 Å². The first-order valence-corrected chi connectivity index (χ1v) is 4.09. The number of rotatable bonds is 2. The molecule has 0 unspecified atom stereocenters. The summed E-state index contributed by atoms with van der Waals surface area (Å²) < 4.78 is 28.8. The van der Waals surface area contributed by atoms with Crippen molar-refractivity contribution in [1.29, 1.82) is 0 Å². The summed E-state index contributed by atoms with van der Waals surface area (Å²) in [6.45, 7) is 3.47. The zero-order valence-corrected chi connectivity index (χ0v) is 8.03. The third-order valence-corrected chi connectivity index (χ3v) is 1.65. The van der Waals surface area contributed by atoms with E-state index in [1.807, 2.05) is 6.07 Å². The first-order chi connectivity index (χ1) is 5.88. The molecule has 0 aliphatic rings. The van der Waals surface area contributed by atoms with Crippen LogP contribution in [0.1, 0.15) is 11.1 Å². The summed E-state index contributed by atoms with van der Waals surface area (Å²) in [6, 6.07) is 5.04. The lowest BCUT2D eigenvalue weighted by atomic mass is 10.1. The van der Waals surface area contributed by atoms with Crippen LogP contribution in [0.2, 0.25) is 0 Å². The van der Waals surface area contributed by atoms with E-state index in [0.29, 0.717) is 5.56 Å². The van der Waals surface area contributed by atoms with E-state index in [9.17, 15) is 8.78 Å². The Kier molecular flexibility index (Phi) is 2.76. The number of aryl methyl sites for hydroxylation is 2. The van der Waals surface area contributed by atoms with E-state index in [-0.39, 0.29) is 5.75 Å². The summed E-state index contributed by atoms with van der Waals surface area (Å²) in [5.74, 6) is 0.111. The van der Waals surface area contributed by atoms with E-state index in [4.69, 9.17) is 0 Å². The first kappa shape index (κ1) is 10.3. The molecule has 1 nitrogen and oxygen atoms in total. The molecule has 1 aromatic rings. The third kappa shape index (κ3) is 3.19. The van der Waals surface area contributed by atoms with Gasteiger partial charge in [-0.25, -0.2) is 0 Å². The maximum Gasteiger partial charge on any atom is 0.487 e. The molecule has 0 aliphatic heterocycles. The second-order valence-corrected chi connectivity index (χ2v) is 3.26. The maximum atomic E-state index is 12.3. The van der Waals surface area contributed by atoms with Crippen LogP contribution >= 0.6 is 11.6 Å². The molecule has 1 rings (SSSR count). The Labute approximate surface area is 80.3 Å². The van der Waals surface area contributed by atoms with Crippen molar-refractivity contribution in [2.24, 2.45) is 0 Å². The van der Waals surface area contributed by atoms with Crippen LogP contribution in [0.4, 0.5) is 8.78 Å². The average Bonchev–Trinajstić information content (AvgIpc) is 1.94. The summed E-state index contributed by atoms with van der Waals surface area (Å²) in [7, 11) is 0. The Hall–Kier alpha value is -0.830. The van der Waals surface area contributed by atoms with Crippen molar-refractivity contribution in [2.45, 2.75) is 19.4 Å². The van der Waals surface area contributed by atoms with E-state index >= 15 is 0 Å². The van der Waals surface area contributed by atoms with Crippen LogP contribution in [-0.2, 0) is 0 Å². The maximum absolute atomic E-state index is 12.3. The molecular weight excluding hydrogens is 198 g/mol. The van der Waals surface area contributed by atoms with Gasteiger partial charge in [0.05, 0.1) is 0 Å². The summed E-state index contributed by atoms with van der Waals surface area (Å²) in [4.78, 5) is 0. The smallest absolute Gasteiger partial charge is 0.420 e. The minimum absolute atomic E-state index is 0.111. The highest BCUT2D eigenvalue weighted by molar-refractivity contribution is 6.20. The van der Waals surface area contributed by atoms with Crippen LogP contribution in [0.15, 0.2) is 18.2 Å². The second kappa shape index (κ2) is 3.50. The van der Waals surface area contributed by atoms with Gasteiger partial charge in [-0.2, -0.15) is 0 Å². The fraction of sp³-hybridized carbons (Fsp3) is 0.333. The van der Waals surface area contributed by atoms with Crippen LogP contribution in [0.25, 0.3) is 0 Å². The standard InChI is InChI=1S/C9H9ClF2O/c1-6-3-4-7(2)8(5-6)13-9(10,11)12/h3-5H,1-2H3. The van der Waals surface area contributed by atoms with Gasteiger partial charge in [0.15, 0.2) is 0 Å². The molecule has 0 atom stereocenters. The number of hydrogen-bond donors (Lipinski definition) is 0. The number of halogens is 3. The van der Waals surface area contributed by atoms with Gasteiger partial charge in [0.2, 0.25) is 0 Å². The SMILES string of the molecule is Cc1ccc(C)c(OC(F)(F)Cl)c1. The van der Waals surface area contributed by atoms with E-state index in [1.165, 1.54) is 6.07 Å². The summed E-state index contributed by atoms with van der Waals surface area (Å²) >= 11 is 4.64. The van der Waals surface area contributed by atoms with Crippen LogP contribution < -0.4 is 4.74 Å². The fourth-order valence-electron chi connectivity index (χ4n) is 0.942. The molecule has 0 aromatic heterocycles. The molecule has 13 heavy (non-hydrogen) atoms. The molecule has 0 heterocycles. The van der Waals surface area contributed by atoms with E-state index in [1.54, 1.807) is 19.9 Å². The number of benzene rings is 1. The molecule has 1 aromatic carbocycles. The molecule has 72 valence electrons. The lowest BCUT2D eigenvalue weighted by Crippen LogP contribution is -2.16. The third-order valence-electron chi connectivity index (χ3n) is 1.57. The predicted octanol–water partition coefficient (Wildman–Crippen LogP) is 3.47. The first-order valence-electron chi connectivity index (χ1n) is 3.71. The highest BCUT2D eigenvalue weighted by atomic mass is 35.5. The Morgan fingerprint density at radius 3 is 2.46 bits per heavy atom. The lowest BCUT2D eigenvalue weighted by molar-refractivity contribution is -0.0968. The molecule has 4 heteroatoms.